The van der Waals surface area contributed by atoms with E-state index in [9.17, 15) is 4.79 Å². The maximum atomic E-state index is 10.7. The van der Waals surface area contributed by atoms with Crippen LogP contribution in [-0.4, -0.2) is 38.4 Å². The summed E-state index contributed by atoms with van der Waals surface area (Å²) in [6.45, 7) is 5.63. The lowest BCUT2D eigenvalue weighted by Crippen LogP contribution is -2.39. The van der Waals surface area contributed by atoms with E-state index in [0.29, 0.717) is 26.4 Å². The van der Waals surface area contributed by atoms with Crippen molar-refractivity contribution in [3.8, 4) is 0 Å². The highest BCUT2D eigenvalue weighted by atomic mass is 16.6. The minimum absolute atomic E-state index is 0.0114. The van der Waals surface area contributed by atoms with Crippen LogP contribution in [0.5, 0.6) is 0 Å². The summed E-state index contributed by atoms with van der Waals surface area (Å²) in [6, 6.07) is 0. The molecule has 1 atom stereocenters. The molecule has 0 radical (unpaired) electrons. The molecule has 1 heterocycles. The van der Waals surface area contributed by atoms with Gasteiger partial charge in [-0.2, -0.15) is 0 Å². The third kappa shape index (κ3) is 3.02. The molecule has 0 aromatic heterocycles. The van der Waals surface area contributed by atoms with Crippen molar-refractivity contribution in [2.24, 2.45) is 0 Å². The van der Waals surface area contributed by atoms with E-state index in [1.54, 1.807) is 0 Å². The Morgan fingerprint density at radius 1 is 1.67 bits per heavy atom. The highest BCUT2D eigenvalue weighted by Crippen LogP contribution is 1.98. The molecule has 1 saturated heterocycles. The Morgan fingerprint density at radius 2 is 2.50 bits per heavy atom. The molecule has 1 rings (SSSR count). The molecule has 4 heteroatoms. The van der Waals surface area contributed by atoms with Gasteiger partial charge in [0.05, 0.1) is 25.9 Å². The average molecular weight is 171 g/mol. The van der Waals surface area contributed by atoms with Crippen LogP contribution in [0.3, 0.4) is 0 Å². The fourth-order valence-electron chi connectivity index (χ4n) is 0.941. The van der Waals surface area contributed by atoms with Crippen LogP contribution in [-0.2, 0) is 14.3 Å². The third-order valence-corrected chi connectivity index (χ3v) is 1.57. The van der Waals surface area contributed by atoms with Gasteiger partial charge in [-0.15, -0.1) is 0 Å². The Bertz CT molecular complexity index is 164. The standard InChI is InChI=1S/C8H13NO3/c1-2-8(10)9-5-7-6-11-3-4-12-7/h2,7H,1,3-6H2,(H,9,10)/t7-/m0/s1. The summed E-state index contributed by atoms with van der Waals surface area (Å²) in [4.78, 5) is 10.7. The lowest BCUT2D eigenvalue weighted by molar-refractivity contribution is -0.119. The Labute approximate surface area is 71.5 Å². The van der Waals surface area contributed by atoms with Gasteiger partial charge in [-0.05, 0) is 6.08 Å². The molecule has 1 fully saturated rings. The Morgan fingerprint density at radius 3 is 3.08 bits per heavy atom. The second-order valence-corrected chi connectivity index (χ2v) is 2.52. The van der Waals surface area contributed by atoms with Crippen molar-refractivity contribution in [1.82, 2.24) is 5.32 Å². The van der Waals surface area contributed by atoms with Gasteiger partial charge in [0, 0.05) is 6.54 Å². The van der Waals surface area contributed by atoms with E-state index in [0.717, 1.165) is 0 Å². The van der Waals surface area contributed by atoms with Crippen LogP contribution >= 0.6 is 0 Å². The number of hydrogen-bond donors (Lipinski definition) is 1. The van der Waals surface area contributed by atoms with E-state index in [4.69, 9.17) is 9.47 Å². The summed E-state index contributed by atoms with van der Waals surface area (Å²) < 4.78 is 10.4. The first-order valence-corrected chi connectivity index (χ1v) is 3.92. The van der Waals surface area contributed by atoms with Crippen molar-refractivity contribution in [1.29, 1.82) is 0 Å². The van der Waals surface area contributed by atoms with Crippen molar-refractivity contribution in [2.45, 2.75) is 6.10 Å². The lowest BCUT2D eigenvalue weighted by atomic mass is 10.3. The first-order chi connectivity index (χ1) is 5.83. The van der Waals surface area contributed by atoms with Gasteiger partial charge in [0.25, 0.3) is 0 Å². The van der Waals surface area contributed by atoms with Gasteiger partial charge in [-0.25, -0.2) is 0 Å². The van der Waals surface area contributed by atoms with Crippen molar-refractivity contribution in [2.75, 3.05) is 26.4 Å². The monoisotopic (exact) mass is 171 g/mol. The number of carbonyl (C=O) groups is 1. The predicted molar refractivity (Wildman–Crippen MR) is 43.8 cm³/mol. The molecule has 4 nitrogen and oxygen atoms in total. The smallest absolute Gasteiger partial charge is 0.243 e. The highest BCUT2D eigenvalue weighted by Gasteiger charge is 2.13. The summed E-state index contributed by atoms with van der Waals surface area (Å²) in [7, 11) is 0. The average Bonchev–Trinajstić information content (AvgIpc) is 2.16. The van der Waals surface area contributed by atoms with E-state index < -0.39 is 0 Å². The number of amides is 1. The van der Waals surface area contributed by atoms with E-state index in [1.807, 2.05) is 0 Å². The van der Waals surface area contributed by atoms with Gasteiger partial charge in [-0.3, -0.25) is 4.79 Å². The van der Waals surface area contributed by atoms with Crippen LogP contribution in [0, 0.1) is 0 Å². The van der Waals surface area contributed by atoms with Gasteiger partial charge in [0.2, 0.25) is 5.91 Å². The van der Waals surface area contributed by atoms with Crippen LogP contribution in [0.2, 0.25) is 0 Å². The van der Waals surface area contributed by atoms with Crippen molar-refractivity contribution < 1.29 is 14.3 Å². The van der Waals surface area contributed by atoms with Crippen molar-refractivity contribution in [3.63, 3.8) is 0 Å². The molecule has 0 aromatic carbocycles. The molecule has 1 amide bonds. The molecule has 0 saturated carbocycles. The van der Waals surface area contributed by atoms with Gasteiger partial charge in [0.1, 0.15) is 0 Å². The summed E-state index contributed by atoms with van der Waals surface area (Å²) in [5.41, 5.74) is 0. The summed E-state index contributed by atoms with van der Waals surface area (Å²) in [5, 5.41) is 2.64. The predicted octanol–water partition coefficient (Wildman–Crippen LogP) is -0.296. The Kier molecular flexibility index (Phi) is 3.76. The third-order valence-electron chi connectivity index (χ3n) is 1.57. The van der Waals surface area contributed by atoms with Crippen LogP contribution in [0.25, 0.3) is 0 Å². The fourth-order valence-corrected chi connectivity index (χ4v) is 0.941. The minimum atomic E-state index is -0.177. The van der Waals surface area contributed by atoms with Crippen LogP contribution < -0.4 is 5.32 Å². The molecule has 68 valence electrons. The zero-order chi connectivity index (χ0) is 8.81. The highest BCUT2D eigenvalue weighted by molar-refractivity contribution is 5.86. The normalized spacial score (nSPS) is 23.2. The molecule has 1 aliphatic rings. The maximum Gasteiger partial charge on any atom is 0.243 e. The molecule has 0 bridgehead atoms. The number of ether oxygens (including phenoxy) is 2. The quantitative estimate of drug-likeness (QED) is 0.593. The number of carbonyl (C=O) groups excluding carboxylic acids is 1. The molecular formula is C8H13NO3. The first kappa shape index (κ1) is 9.22. The van der Waals surface area contributed by atoms with Crippen LogP contribution in [0.4, 0.5) is 0 Å². The number of hydrogen-bond acceptors (Lipinski definition) is 3. The molecule has 1 N–H and O–H groups in total. The second kappa shape index (κ2) is 4.90. The zero-order valence-corrected chi connectivity index (χ0v) is 6.91. The van der Waals surface area contributed by atoms with E-state index >= 15 is 0 Å². The minimum Gasteiger partial charge on any atom is -0.376 e. The van der Waals surface area contributed by atoms with E-state index in [-0.39, 0.29) is 12.0 Å². The summed E-state index contributed by atoms with van der Waals surface area (Å²) in [6.07, 6.45) is 1.23. The topological polar surface area (TPSA) is 47.6 Å². The zero-order valence-electron chi connectivity index (χ0n) is 6.91. The van der Waals surface area contributed by atoms with E-state index in [2.05, 4.69) is 11.9 Å². The van der Waals surface area contributed by atoms with Crippen molar-refractivity contribution >= 4 is 5.91 Å². The molecule has 1 aliphatic heterocycles. The van der Waals surface area contributed by atoms with E-state index in [1.165, 1.54) is 6.08 Å². The largest absolute Gasteiger partial charge is 0.376 e. The van der Waals surface area contributed by atoms with Gasteiger partial charge < -0.3 is 14.8 Å². The van der Waals surface area contributed by atoms with Crippen LogP contribution in [0.1, 0.15) is 0 Å². The molecule has 0 unspecified atom stereocenters. The summed E-state index contributed by atoms with van der Waals surface area (Å²) in [5.74, 6) is -0.177. The summed E-state index contributed by atoms with van der Waals surface area (Å²) >= 11 is 0. The number of nitrogens with one attached hydrogen (secondary N) is 1. The molecular weight excluding hydrogens is 158 g/mol. The van der Waals surface area contributed by atoms with Crippen molar-refractivity contribution in [3.05, 3.63) is 12.7 Å². The first-order valence-electron chi connectivity index (χ1n) is 3.92. The Hall–Kier alpha value is -0.870. The second-order valence-electron chi connectivity index (χ2n) is 2.52. The molecule has 0 spiro atoms. The van der Waals surface area contributed by atoms with Gasteiger partial charge in [0.15, 0.2) is 0 Å². The number of rotatable bonds is 3. The van der Waals surface area contributed by atoms with Crippen LogP contribution in [0.15, 0.2) is 12.7 Å². The van der Waals surface area contributed by atoms with Gasteiger partial charge >= 0.3 is 0 Å². The fraction of sp³-hybridized carbons (Fsp3) is 0.625. The Balaban J connectivity index is 2.12. The molecule has 12 heavy (non-hydrogen) atoms. The maximum absolute atomic E-state index is 10.7. The lowest BCUT2D eigenvalue weighted by Gasteiger charge is -2.22. The molecule has 0 aliphatic carbocycles. The van der Waals surface area contributed by atoms with Gasteiger partial charge in [-0.1, -0.05) is 6.58 Å². The SMILES string of the molecule is C=CC(=O)NC[C@H]1COCCO1. The molecule has 0 aromatic rings.